The van der Waals surface area contributed by atoms with Gasteiger partial charge in [-0.05, 0) is 25.0 Å². The maximum absolute atomic E-state index is 12.2. The highest BCUT2D eigenvalue weighted by Gasteiger charge is 2.44. The molecule has 17 heavy (non-hydrogen) atoms. The Labute approximate surface area is 103 Å². The molecule has 0 saturated carbocycles. The second kappa shape index (κ2) is 4.15. The molecule has 1 aliphatic heterocycles. The second-order valence-electron chi connectivity index (χ2n) is 5.42. The van der Waals surface area contributed by atoms with Gasteiger partial charge in [0, 0.05) is 18.7 Å². The third-order valence-electron chi connectivity index (χ3n) is 3.67. The number of amides is 1. The highest BCUT2D eigenvalue weighted by molar-refractivity contribution is 5.95. The van der Waals surface area contributed by atoms with Gasteiger partial charge in [-0.3, -0.25) is 4.79 Å². The molecule has 3 heteroatoms. The summed E-state index contributed by atoms with van der Waals surface area (Å²) >= 11 is 0. The van der Waals surface area contributed by atoms with Crippen LogP contribution in [0.3, 0.4) is 0 Å². The Morgan fingerprint density at radius 3 is 2.59 bits per heavy atom. The minimum atomic E-state index is -0.195. The Morgan fingerprint density at radius 2 is 2.06 bits per heavy atom. The van der Waals surface area contributed by atoms with E-state index in [0.29, 0.717) is 19.0 Å². The first-order valence-corrected chi connectivity index (χ1v) is 6.07. The summed E-state index contributed by atoms with van der Waals surface area (Å²) in [5, 5.41) is 0. The fraction of sp³-hybridized carbons (Fsp3) is 0.500. The SMILES string of the molecule is Cc1cccc(C(=O)N2CC(N)(C(C)C)C2)c1. The summed E-state index contributed by atoms with van der Waals surface area (Å²) in [6.07, 6.45) is 0. The van der Waals surface area contributed by atoms with E-state index in [2.05, 4.69) is 13.8 Å². The predicted octanol–water partition coefficient (Wildman–Crippen LogP) is 1.80. The molecular weight excluding hydrogens is 212 g/mol. The molecule has 0 radical (unpaired) electrons. The third kappa shape index (κ3) is 2.20. The number of hydrogen-bond acceptors (Lipinski definition) is 2. The number of hydrogen-bond donors (Lipinski definition) is 1. The summed E-state index contributed by atoms with van der Waals surface area (Å²) in [5.41, 5.74) is 7.86. The van der Waals surface area contributed by atoms with Gasteiger partial charge in [0.05, 0.1) is 5.54 Å². The lowest BCUT2D eigenvalue weighted by Gasteiger charge is -2.50. The maximum atomic E-state index is 12.2. The van der Waals surface area contributed by atoms with Gasteiger partial charge in [0.25, 0.3) is 5.91 Å². The van der Waals surface area contributed by atoms with Crippen molar-refractivity contribution in [3.8, 4) is 0 Å². The van der Waals surface area contributed by atoms with Crippen molar-refractivity contribution in [2.75, 3.05) is 13.1 Å². The van der Waals surface area contributed by atoms with Gasteiger partial charge in [-0.15, -0.1) is 0 Å². The lowest BCUT2D eigenvalue weighted by molar-refractivity contribution is 0.0275. The van der Waals surface area contributed by atoms with Gasteiger partial charge < -0.3 is 10.6 Å². The lowest BCUT2D eigenvalue weighted by atomic mass is 9.80. The number of rotatable bonds is 2. The van der Waals surface area contributed by atoms with Crippen LogP contribution >= 0.6 is 0 Å². The van der Waals surface area contributed by atoms with Crippen LogP contribution in [0.4, 0.5) is 0 Å². The molecule has 0 bridgehead atoms. The molecule has 1 amide bonds. The quantitative estimate of drug-likeness (QED) is 0.845. The van der Waals surface area contributed by atoms with E-state index in [4.69, 9.17) is 5.73 Å². The minimum absolute atomic E-state index is 0.0930. The van der Waals surface area contributed by atoms with E-state index in [-0.39, 0.29) is 11.4 Å². The van der Waals surface area contributed by atoms with Crippen LogP contribution < -0.4 is 5.73 Å². The average molecular weight is 232 g/mol. The molecule has 1 aromatic rings. The van der Waals surface area contributed by atoms with Crippen LogP contribution in [0, 0.1) is 12.8 Å². The second-order valence-corrected chi connectivity index (χ2v) is 5.42. The summed E-state index contributed by atoms with van der Waals surface area (Å²) in [7, 11) is 0. The zero-order chi connectivity index (χ0) is 12.6. The predicted molar refractivity (Wildman–Crippen MR) is 68.8 cm³/mol. The fourth-order valence-corrected chi connectivity index (χ4v) is 2.13. The first-order chi connectivity index (χ1) is 7.92. The van der Waals surface area contributed by atoms with Crippen molar-refractivity contribution in [1.29, 1.82) is 0 Å². The molecule has 0 spiro atoms. The van der Waals surface area contributed by atoms with Gasteiger partial charge in [0.1, 0.15) is 0 Å². The standard InChI is InChI=1S/C14H20N2O/c1-10(2)14(15)8-16(9-14)13(17)12-6-4-5-11(3)7-12/h4-7,10H,8-9,15H2,1-3H3. The number of likely N-dealkylation sites (tertiary alicyclic amines) is 1. The van der Waals surface area contributed by atoms with Crippen LogP contribution in [-0.2, 0) is 0 Å². The van der Waals surface area contributed by atoms with E-state index in [9.17, 15) is 4.79 Å². The summed E-state index contributed by atoms with van der Waals surface area (Å²) in [5.74, 6) is 0.500. The van der Waals surface area contributed by atoms with Crippen LogP contribution in [0.25, 0.3) is 0 Å². The number of carbonyl (C=O) groups excluding carboxylic acids is 1. The first kappa shape index (κ1) is 12.1. The molecule has 1 fully saturated rings. The van der Waals surface area contributed by atoms with Crippen molar-refractivity contribution in [1.82, 2.24) is 4.90 Å². The average Bonchev–Trinajstić information content (AvgIpc) is 2.23. The van der Waals surface area contributed by atoms with Crippen molar-refractivity contribution in [3.63, 3.8) is 0 Å². The van der Waals surface area contributed by atoms with Crippen LogP contribution in [0.5, 0.6) is 0 Å². The Balaban J connectivity index is 2.05. The van der Waals surface area contributed by atoms with Crippen LogP contribution in [-0.4, -0.2) is 29.4 Å². The monoisotopic (exact) mass is 232 g/mol. The number of carbonyl (C=O) groups is 1. The normalized spacial score (nSPS) is 18.1. The molecular formula is C14H20N2O. The molecule has 0 atom stereocenters. The molecule has 1 saturated heterocycles. The first-order valence-electron chi connectivity index (χ1n) is 6.07. The lowest BCUT2D eigenvalue weighted by Crippen LogP contribution is -2.71. The Bertz CT molecular complexity index is 434. The molecule has 0 aromatic heterocycles. The zero-order valence-corrected chi connectivity index (χ0v) is 10.7. The van der Waals surface area contributed by atoms with Crippen molar-refractivity contribution in [2.24, 2.45) is 11.7 Å². The molecule has 0 aliphatic carbocycles. The van der Waals surface area contributed by atoms with Gasteiger partial charge in [0.15, 0.2) is 0 Å². The minimum Gasteiger partial charge on any atom is -0.335 e. The van der Waals surface area contributed by atoms with Crippen molar-refractivity contribution >= 4 is 5.91 Å². The van der Waals surface area contributed by atoms with Crippen LogP contribution in [0.2, 0.25) is 0 Å². The molecule has 2 rings (SSSR count). The van der Waals surface area contributed by atoms with E-state index < -0.39 is 0 Å². The molecule has 2 N–H and O–H groups in total. The van der Waals surface area contributed by atoms with Crippen molar-refractivity contribution in [2.45, 2.75) is 26.3 Å². The Kier molecular flexibility index (Phi) is 2.96. The largest absolute Gasteiger partial charge is 0.335 e. The molecule has 1 aliphatic rings. The van der Waals surface area contributed by atoms with Crippen molar-refractivity contribution < 1.29 is 4.79 Å². The van der Waals surface area contributed by atoms with Gasteiger partial charge in [-0.1, -0.05) is 31.5 Å². The third-order valence-corrected chi connectivity index (χ3v) is 3.67. The molecule has 1 heterocycles. The summed E-state index contributed by atoms with van der Waals surface area (Å²) in [6.45, 7) is 7.53. The Morgan fingerprint density at radius 1 is 1.41 bits per heavy atom. The van der Waals surface area contributed by atoms with Crippen LogP contribution in [0.15, 0.2) is 24.3 Å². The van der Waals surface area contributed by atoms with Crippen molar-refractivity contribution in [3.05, 3.63) is 35.4 Å². The summed E-state index contributed by atoms with van der Waals surface area (Å²) in [4.78, 5) is 14.0. The molecule has 1 aromatic carbocycles. The zero-order valence-electron chi connectivity index (χ0n) is 10.7. The van der Waals surface area contributed by atoms with E-state index in [0.717, 1.165) is 11.1 Å². The van der Waals surface area contributed by atoms with Crippen LogP contribution in [0.1, 0.15) is 29.8 Å². The highest BCUT2D eigenvalue weighted by atomic mass is 16.2. The molecule has 0 unspecified atom stereocenters. The number of benzene rings is 1. The molecule has 92 valence electrons. The maximum Gasteiger partial charge on any atom is 0.253 e. The number of aryl methyl sites for hydroxylation is 1. The topological polar surface area (TPSA) is 46.3 Å². The Hall–Kier alpha value is -1.35. The summed E-state index contributed by atoms with van der Waals surface area (Å²) in [6, 6.07) is 7.70. The van der Waals surface area contributed by atoms with E-state index in [1.165, 1.54) is 0 Å². The highest BCUT2D eigenvalue weighted by Crippen LogP contribution is 2.27. The molecule has 3 nitrogen and oxygen atoms in total. The fourth-order valence-electron chi connectivity index (χ4n) is 2.13. The van der Waals surface area contributed by atoms with Gasteiger partial charge in [0.2, 0.25) is 0 Å². The van der Waals surface area contributed by atoms with E-state index in [1.54, 1.807) is 0 Å². The smallest absolute Gasteiger partial charge is 0.253 e. The van der Waals surface area contributed by atoms with Gasteiger partial charge in [-0.25, -0.2) is 0 Å². The van der Waals surface area contributed by atoms with E-state index in [1.807, 2.05) is 36.1 Å². The van der Waals surface area contributed by atoms with Gasteiger partial charge in [-0.2, -0.15) is 0 Å². The van der Waals surface area contributed by atoms with Gasteiger partial charge >= 0.3 is 0 Å². The number of nitrogens with zero attached hydrogens (tertiary/aromatic N) is 1. The van der Waals surface area contributed by atoms with E-state index >= 15 is 0 Å². The number of nitrogens with two attached hydrogens (primary N) is 1. The summed E-state index contributed by atoms with van der Waals surface area (Å²) < 4.78 is 0.